The van der Waals surface area contributed by atoms with Crippen LogP contribution in [0, 0.1) is 6.92 Å². The molecule has 0 spiro atoms. The Kier molecular flexibility index (Phi) is 16.9. The van der Waals surface area contributed by atoms with Crippen molar-refractivity contribution in [2.75, 3.05) is 25.1 Å². The van der Waals surface area contributed by atoms with Gasteiger partial charge in [-0.3, -0.25) is 9.59 Å². The number of carbonyl (C=O) groups is 3. The number of alkyl carbamates (subject to hydrolysis) is 1. The number of ether oxygens (including phenoxy) is 1. The Labute approximate surface area is 241 Å². The van der Waals surface area contributed by atoms with Crippen molar-refractivity contribution in [2.45, 2.75) is 117 Å². The summed E-state index contributed by atoms with van der Waals surface area (Å²) in [7, 11) is 0. The van der Waals surface area contributed by atoms with Crippen LogP contribution < -0.4 is 10.6 Å². The summed E-state index contributed by atoms with van der Waals surface area (Å²) < 4.78 is 5.48. The van der Waals surface area contributed by atoms with Gasteiger partial charge in [0.05, 0.1) is 0 Å². The van der Waals surface area contributed by atoms with Gasteiger partial charge >= 0.3 is 6.09 Å². The quantitative estimate of drug-likeness (QED) is 0.192. The molecule has 0 aromatic heterocycles. The molecule has 2 unspecified atom stereocenters. The van der Waals surface area contributed by atoms with E-state index in [-0.39, 0.29) is 11.8 Å². The van der Waals surface area contributed by atoms with Gasteiger partial charge in [0, 0.05) is 13.1 Å². The summed E-state index contributed by atoms with van der Waals surface area (Å²) in [5.41, 5.74) is 1.09. The number of amides is 3. The van der Waals surface area contributed by atoms with Crippen LogP contribution in [0.25, 0.3) is 0 Å². The highest BCUT2D eigenvalue weighted by Gasteiger charge is 2.36. The molecule has 0 saturated carbocycles. The summed E-state index contributed by atoms with van der Waals surface area (Å²) in [6, 6.07) is 6.19. The molecule has 1 aromatic carbocycles. The van der Waals surface area contributed by atoms with Crippen molar-refractivity contribution in [2.24, 2.45) is 0 Å². The van der Waals surface area contributed by atoms with Crippen molar-refractivity contribution >= 4 is 29.7 Å². The highest BCUT2D eigenvalue weighted by atomic mass is 32.2. The molecule has 3 amide bonds. The molecule has 0 fully saturated rings. The molecule has 1 rings (SSSR count). The van der Waals surface area contributed by atoms with Gasteiger partial charge in [-0.2, -0.15) is 11.8 Å². The van der Waals surface area contributed by atoms with Crippen LogP contribution in [-0.4, -0.2) is 59.5 Å². The van der Waals surface area contributed by atoms with Crippen LogP contribution >= 0.6 is 11.8 Å². The number of nitrogens with zero attached hydrogens (tertiary/aromatic N) is 1. The second-order valence-electron chi connectivity index (χ2n) is 11.2. The van der Waals surface area contributed by atoms with E-state index in [1.165, 1.54) is 0 Å². The largest absolute Gasteiger partial charge is 0.444 e. The number of hydrogen-bond acceptors (Lipinski definition) is 5. The van der Waals surface area contributed by atoms with E-state index in [9.17, 15) is 14.4 Å². The Hall–Kier alpha value is -2.22. The number of unbranched alkanes of at least 4 members (excludes halogenated alkanes) is 6. The van der Waals surface area contributed by atoms with Crippen molar-refractivity contribution < 1.29 is 19.1 Å². The zero-order valence-electron chi connectivity index (χ0n) is 25.4. The number of thioether (sulfide) groups is 1. The molecule has 39 heavy (non-hydrogen) atoms. The van der Waals surface area contributed by atoms with Crippen LogP contribution in [0.5, 0.6) is 0 Å². The smallest absolute Gasteiger partial charge is 0.408 e. The highest BCUT2D eigenvalue weighted by molar-refractivity contribution is 7.98. The molecular formula is C31H53N3O4S. The van der Waals surface area contributed by atoms with E-state index >= 15 is 0 Å². The van der Waals surface area contributed by atoms with E-state index in [2.05, 4.69) is 24.5 Å². The summed E-state index contributed by atoms with van der Waals surface area (Å²) in [6.45, 7) is 12.7. The van der Waals surface area contributed by atoms with E-state index in [0.717, 1.165) is 62.5 Å². The van der Waals surface area contributed by atoms with Crippen LogP contribution in [0.2, 0.25) is 0 Å². The first-order valence-electron chi connectivity index (χ1n) is 14.7. The molecule has 0 aliphatic heterocycles. The van der Waals surface area contributed by atoms with Gasteiger partial charge in [-0.1, -0.05) is 76.6 Å². The Morgan fingerprint density at radius 2 is 1.62 bits per heavy atom. The lowest BCUT2D eigenvalue weighted by Crippen LogP contribution is -2.53. The Bertz CT molecular complexity index is 872. The minimum atomic E-state index is -0.789. The number of nitrogens with one attached hydrogen (secondary N) is 2. The Morgan fingerprint density at radius 3 is 2.23 bits per heavy atom. The van der Waals surface area contributed by atoms with Crippen LogP contribution in [0.15, 0.2) is 24.3 Å². The van der Waals surface area contributed by atoms with E-state index in [0.29, 0.717) is 25.3 Å². The number of carbonyl (C=O) groups excluding carboxylic acids is 3. The lowest BCUT2D eigenvalue weighted by Gasteiger charge is -2.35. The summed E-state index contributed by atoms with van der Waals surface area (Å²) >= 11 is 1.61. The van der Waals surface area contributed by atoms with Crippen LogP contribution in [0.4, 0.5) is 4.79 Å². The number of hydrogen-bond donors (Lipinski definition) is 2. The zero-order valence-corrected chi connectivity index (χ0v) is 26.3. The van der Waals surface area contributed by atoms with Crippen molar-refractivity contribution in [1.82, 2.24) is 15.5 Å². The molecule has 8 heteroatoms. The van der Waals surface area contributed by atoms with E-state index in [1.54, 1.807) is 37.4 Å². The third-order valence-electron chi connectivity index (χ3n) is 6.51. The van der Waals surface area contributed by atoms with Crippen molar-refractivity contribution in [1.29, 1.82) is 0 Å². The third-order valence-corrected chi connectivity index (χ3v) is 7.15. The average Bonchev–Trinajstić information content (AvgIpc) is 2.87. The fourth-order valence-corrected chi connectivity index (χ4v) is 4.89. The van der Waals surface area contributed by atoms with Gasteiger partial charge < -0.3 is 20.3 Å². The van der Waals surface area contributed by atoms with Gasteiger partial charge in [0.25, 0.3) is 0 Å². The SMILES string of the molecule is CCCCCCCN(C(=O)C(CCSC)NC(=O)OC(C)(C)C)C(C(=O)NCCCCC)c1ccccc1C. The van der Waals surface area contributed by atoms with Gasteiger partial charge in [0.1, 0.15) is 17.7 Å². The molecule has 222 valence electrons. The van der Waals surface area contributed by atoms with Crippen molar-refractivity contribution in [3.8, 4) is 0 Å². The Morgan fingerprint density at radius 1 is 0.974 bits per heavy atom. The van der Waals surface area contributed by atoms with Gasteiger partial charge in [-0.25, -0.2) is 4.79 Å². The minimum Gasteiger partial charge on any atom is -0.444 e. The molecule has 0 radical (unpaired) electrons. The van der Waals surface area contributed by atoms with Crippen LogP contribution in [0.1, 0.15) is 110 Å². The minimum absolute atomic E-state index is 0.178. The van der Waals surface area contributed by atoms with Gasteiger partial charge in [0.2, 0.25) is 11.8 Å². The molecule has 0 aliphatic rings. The van der Waals surface area contributed by atoms with E-state index in [1.807, 2.05) is 37.4 Å². The lowest BCUT2D eigenvalue weighted by atomic mass is 9.97. The van der Waals surface area contributed by atoms with Crippen molar-refractivity contribution in [3.63, 3.8) is 0 Å². The molecule has 0 heterocycles. The molecule has 7 nitrogen and oxygen atoms in total. The number of aryl methyl sites for hydroxylation is 1. The fourth-order valence-electron chi connectivity index (χ4n) is 4.42. The fraction of sp³-hybridized carbons (Fsp3) is 0.710. The maximum absolute atomic E-state index is 14.2. The van der Waals surface area contributed by atoms with E-state index < -0.39 is 23.8 Å². The summed E-state index contributed by atoms with van der Waals surface area (Å²) in [5, 5.41) is 5.92. The molecule has 0 saturated heterocycles. The second-order valence-corrected chi connectivity index (χ2v) is 12.2. The lowest BCUT2D eigenvalue weighted by molar-refractivity contribution is -0.142. The van der Waals surface area contributed by atoms with Crippen LogP contribution in [0.3, 0.4) is 0 Å². The van der Waals surface area contributed by atoms with Crippen LogP contribution in [-0.2, 0) is 14.3 Å². The number of benzene rings is 1. The predicted octanol–water partition coefficient (Wildman–Crippen LogP) is 6.79. The normalized spacial score (nSPS) is 12.9. The predicted molar refractivity (Wildman–Crippen MR) is 163 cm³/mol. The monoisotopic (exact) mass is 563 g/mol. The highest BCUT2D eigenvalue weighted by Crippen LogP contribution is 2.27. The van der Waals surface area contributed by atoms with Gasteiger partial charge in [0.15, 0.2) is 0 Å². The Balaban J connectivity index is 3.40. The molecule has 2 N–H and O–H groups in total. The summed E-state index contributed by atoms with van der Waals surface area (Å²) in [6.07, 6.45) is 9.91. The summed E-state index contributed by atoms with van der Waals surface area (Å²) in [4.78, 5) is 42.4. The maximum atomic E-state index is 14.2. The zero-order chi connectivity index (χ0) is 29.3. The summed E-state index contributed by atoms with van der Waals surface area (Å²) in [5.74, 6) is 0.264. The standard InChI is InChI=1S/C31H53N3O4S/c1-8-10-12-13-17-22-34(29(36)26(20-23-39-7)33-30(37)38-31(4,5)6)27(25-19-15-14-18-24(25)3)28(35)32-21-16-11-9-2/h14-15,18-19,26-27H,8-13,16-17,20-23H2,1-7H3,(H,32,35)(H,33,37). The molecule has 1 aromatic rings. The molecular weight excluding hydrogens is 510 g/mol. The second kappa shape index (κ2) is 19.0. The average molecular weight is 564 g/mol. The third kappa shape index (κ3) is 13.6. The molecule has 2 atom stereocenters. The van der Waals surface area contributed by atoms with Gasteiger partial charge in [-0.15, -0.1) is 0 Å². The maximum Gasteiger partial charge on any atom is 0.408 e. The molecule has 0 aliphatic carbocycles. The first-order chi connectivity index (χ1) is 18.6. The topological polar surface area (TPSA) is 87.7 Å². The number of rotatable bonds is 18. The van der Waals surface area contributed by atoms with E-state index in [4.69, 9.17) is 4.74 Å². The van der Waals surface area contributed by atoms with Gasteiger partial charge in [-0.05, 0) is 70.1 Å². The first-order valence-corrected chi connectivity index (χ1v) is 16.1. The first kappa shape index (κ1) is 34.8. The van der Waals surface area contributed by atoms with Crippen molar-refractivity contribution in [3.05, 3.63) is 35.4 Å². The molecule has 0 bridgehead atoms.